The Balaban J connectivity index is 1.63. The summed E-state index contributed by atoms with van der Waals surface area (Å²) in [6.07, 6.45) is 0. The van der Waals surface area contributed by atoms with Gasteiger partial charge < -0.3 is 4.74 Å². The van der Waals surface area contributed by atoms with Gasteiger partial charge in [-0.25, -0.2) is 4.39 Å². The summed E-state index contributed by atoms with van der Waals surface area (Å²) in [7, 11) is 0. The van der Waals surface area contributed by atoms with Crippen LogP contribution in [0.25, 0.3) is 5.69 Å². The number of aryl methyl sites for hydroxylation is 2. The van der Waals surface area contributed by atoms with Crippen molar-refractivity contribution in [3.8, 4) is 11.4 Å². The van der Waals surface area contributed by atoms with Crippen LogP contribution in [0.15, 0.2) is 53.7 Å². The standard InChI is InChI=1S/C18H18FN3OS/c1-13-4-3-5-16(12-13)22-14(2)20-21-18(22)24-11-10-23-17-8-6-15(19)7-9-17/h3-9,12H,10-11H2,1-2H3. The number of ether oxygens (including phenoxy) is 1. The zero-order chi connectivity index (χ0) is 16.9. The van der Waals surface area contributed by atoms with Crippen LogP contribution in [0, 0.1) is 19.7 Å². The summed E-state index contributed by atoms with van der Waals surface area (Å²) < 4.78 is 20.5. The molecule has 0 bridgehead atoms. The summed E-state index contributed by atoms with van der Waals surface area (Å²) in [6, 6.07) is 14.3. The van der Waals surface area contributed by atoms with Gasteiger partial charge in [-0.2, -0.15) is 0 Å². The van der Waals surface area contributed by atoms with Crippen molar-refractivity contribution in [1.29, 1.82) is 0 Å². The number of thioether (sulfide) groups is 1. The van der Waals surface area contributed by atoms with Gasteiger partial charge in [-0.05, 0) is 55.8 Å². The Morgan fingerprint density at radius 2 is 1.88 bits per heavy atom. The lowest BCUT2D eigenvalue weighted by molar-refractivity contribution is 0.343. The molecule has 0 aliphatic carbocycles. The molecule has 24 heavy (non-hydrogen) atoms. The average molecular weight is 343 g/mol. The van der Waals surface area contributed by atoms with Crippen molar-refractivity contribution < 1.29 is 9.13 Å². The fraction of sp³-hybridized carbons (Fsp3) is 0.222. The maximum absolute atomic E-state index is 12.9. The first kappa shape index (κ1) is 16.5. The SMILES string of the molecule is Cc1cccc(-n2c(C)nnc2SCCOc2ccc(F)cc2)c1. The summed E-state index contributed by atoms with van der Waals surface area (Å²) in [4.78, 5) is 0. The van der Waals surface area contributed by atoms with E-state index >= 15 is 0 Å². The molecule has 3 aromatic rings. The van der Waals surface area contributed by atoms with E-state index in [9.17, 15) is 4.39 Å². The van der Waals surface area contributed by atoms with Crippen LogP contribution < -0.4 is 4.74 Å². The summed E-state index contributed by atoms with van der Waals surface area (Å²) in [6.45, 7) is 4.51. The predicted molar refractivity (Wildman–Crippen MR) is 93.5 cm³/mol. The predicted octanol–water partition coefficient (Wildman–Crippen LogP) is 4.19. The molecular weight excluding hydrogens is 325 g/mol. The second-order valence-electron chi connectivity index (χ2n) is 5.36. The Morgan fingerprint density at radius 1 is 1.08 bits per heavy atom. The highest BCUT2D eigenvalue weighted by atomic mass is 32.2. The molecular formula is C18H18FN3OS. The van der Waals surface area contributed by atoms with E-state index < -0.39 is 0 Å². The van der Waals surface area contributed by atoms with Crippen LogP contribution in [-0.4, -0.2) is 27.1 Å². The molecule has 0 atom stereocenters. The quantitative estimate of drug-likeness (QED) is 0.497. The van der Waals surface area contributed by atoms with Crippen molar-refractivity contribution in [3.05, 3.63) is 65.7 Å². The lowest BCUT2D eigenvalue weighted by atomic mass is 10.2. The molecule has 6 heteroatoms. The number of nitrogens with zero attached hydrogens (tertiary/aromatic N) is 3. The number of hydrogen-bond donors (Lipinski definition) is 0. The molecule has 0 unspecified atom stereocenters. The smallest absolute Gasteiger partial charge is 0.195 e. The van der Waals surface area contributed by atoms with Gasteiger partial charge in [0.2, 0.25) is 0 Å². The van der Waals surface area contributed by atoms with Gasteiger partial charge in [-0.1, -0.05) is 23.9 Å². The number of aromatic nitrogens is 3. The Morgan fingerprint density at radius 3 is 2.62 bits per heavy atom. The van der Waals surface area contributed by atoms with Gasteiger partial charge in [-0.15, -0.1) is 10.2 Å². The first-order chi connectivity index (χ1) is 11.6. The van der Waals surface area contributed by atoms with Crippen LogP contribution in [-0.2, 0) is 0 Å². The van der Waals surface area contributed by atoms with E-state index in [0.29, 0.717) is 12.4 Å². The van der Waals surface area contributed by atoms with Gasteiger partial charge in [-0.3, -0.25) is 4.57 Å². The Kier molecular flexibility index (Phi) is 5.15. The van der Waals surface area contributed by atoms with Crippen molar-refractivity contribution in [2.24, 2.45) is 0 Å². The molecule has 0 saturated heterocycles. The van der Waals surface area contributed by atoms with Gasteiger partial charge in [0, 0.05) is 11.4 Å². The molecule has 0 fully saturated rings. The fourth-order valence-corrected chi connectivity index (χ4v) is 3.14. The molecule has 0 radical (unpaired) electrons. The normalized spacial score (nSPS) is 10.8. The molecule has 0 aliphatic rings. The van der Waals surface area contributed by atoms with Crippen molar-refractivity contribution >= 4 is 11.8 Å². The lowest BCUT2D eigenvalue weighted by Gasteiger charge is -2.09. The highest BCUT2D eigenvalue weighted by Gasteiger charge is 2.11. The van der Waals surface area contributed by atoms with Gasteiger partial charge in [0.15, 0.2) is 5.16 Å². The third-order valence-corrected chi connectivity index (χ3v) is 4.35. The first-order valence-electron chi connectivity index (χ1n) is 7.64. The minimum Gasteiger partial charge on any atom is -0.493 e. The van der Waals surface area contributed by atoms with E-state index in [0.717, 1.165) is 22.4 Å². The van der Waals surface area contributed by atoms with Gasteiger partial charge in [0.05, 0.1) is 6.61 Å². The zero-order valence-corrected chi connectivity index (χ0v) is 14.4. The van der Waals surface area contributed by atoms with Crippen molar-refractivity contribution in [1.82, 2.24) is 14.8 Å². The average Bonchev–Trinajstić information content (AvgIpc) is 2.94. The maximum atomic E-state index is 12.9. The highest BCUT2D eigenvalue weighted by molar-refractivity contribution is 7.99. The summed E-state index contributed by atoms with van der Waals surface area (Å²) in [5.74, 6) is 1.97. The van der Waals surface area contributed by atoms with E-state index in [1.165, 1.54) is 17.7 Å². The lowest BCUT2D eigenvalue weighted by Crippen LogP contribution is -2.03. The molecule has 0 aliphatic heterocycles. The van der Waals surface area contributed by atoms with E-state index in [2.05, 4.69) is 29.3 Å². The van der Waals surface area contributed by atoms with E-state index in [1.54, 1.807) is 23.9 Å². The van der Waals surface area contributed by atoms with Crippen LogP contribution in [0.5, 0.6) is 5.75 Å². The molecule has 2 aromatic carbocycles. The van der Waals surface area contributed by atoms with E-state index in [1.807, 2.05) is 23.6 Å². The highest BCUT2D eigenvalue weighted by Crippen LogP contribution is 2.22. The third kappa shape index (κ3) is 3.94. The molecule has 124 valence electrons. The summed E-state index contributed by atoms with van der Waals surface area (Å²) >= 11 is 1.58. The Bertz CT molecular complexity index is 817. The Hall–Kier alpha value is -2.34. The van der Waals surface area contributed by atoms with Gasteiger partial charge >= 0.3 is 0 Å². The van der Waals surface area contributed by atoms with Gasteiger partial charge in [0.25, 0.3) is 0 Å². The van der Waals surface area contributed by atoms with Gasteiger partial charge in [0.1, 0.15) is 17.4 Å². The van der Waals surface area contributed by atoms with E-state index in [4.69, 9.17) is 4.74 Å². The third-order valence-electron chi connectivity index (χ3n) is 3.45. The molecule has 4 nitrogen and oxygen atoms in total. The number of benzene rings is 2. The maximum Gasteiger partial charge on any atom is 0.195 e. The molecule has 0 N–H and O–H groups in total. The number of halogens is 1. The monoisotopic (exact) mass is 343 g/mol. The minimum absolute atomic E-state index is 0.265. The second-order valence-corrected chi connectivity index (χ2v) is 6.42. The van der Waals surface area contributed by atoms with Crippen LogP contribution in [0.4, 0.5) is 4.39 Å². The molecule has 0 saturated carbocycles. The fourth-order valence-electron chi connectivity index (χ4n) is 2.32. The van der Waals surface area contributed by atoms with Crippen LogP contribution in [0.1, 0.15) is 11.4 Å². The zero-order valence-electron chi connectivity index (χ0n) is 13.6. The van der Waals surface area contributed by atoms with Crippen LogP contribution in [0.2, 0.25) is 0 Å². The van der Waals surface area contributed by atoms with Crippen molar-refractivity contribution in [2.75, 3.05) is 12.4 Å². The number of rotatable bonds is 6. The van der Waals surface area contributed by atoms with Crippen LogP contribution >= 0.6 is 11.8 Å². The molecule has 0 amide bonds. The molecule has 1 heterocycles. The largest absolute Gasteiger partial charge is 0.493 e. The first-order valence-corrected chi connectivity index (χ1v) is 8.62. The summed E-state index contributed by atoms with van der Waals surface area (Å²) in [5.41, 5.74) is 2.25. The van der Waals surface area contributed by atoms with E-state index in [-0.39, 0.29) is 5.82 Å². The molecule has 1 aromatic heterocycles. The molecule has 3 rings (SSSR count). The van der Waals surface area contributed by atoms with Crippen LogP contribution in [0.3, 0.4) is 0 Å². The second kappa shape index (κ2) is 7.49. The minimum atomic E-state index is -0.265. The number of hydrogen-bond acceptors (Lipinski definition) is 4. The topological polar surface area (TPSA) is 39.9 Å². The van der Waals surface area contributed by atoms with Crippen molar-refractivity contribution in [3.63, 3.8) is 0 Å². The van der Waals surface area contributed by atoms with Crippen molar-refractivity contribution in [2.45, 2.75) is 19.0 Å². The molecule has 0 spiro atoms. The summed E-state index contributed by atoms with van der Waals surface area (Å²) in [5, 5.41) is 9.26. The Labute approximate surface area is 144 Å².